The third-order valence-electron chi connectivity index (χ3n) is 7.37. The number of nitrogens with one attached hydrogen (secondary N) is 2. The van der Waals surface area contributed by atoms with Gasteiger partial charge in [0.1, 0.15) is 6.33 Å². The van der Waals surface area contributed by atoms with Gasteiger partial charge in [-0.1, -0.05) is 19.3 Å². The van der Waals surface area contributed by atoms with Crippen molar-refractivity contribution in [3.8, 4) is 0 Å². The summed E-state index contributed by atoms with van der Waals surface area (Å²) in [6, 6.07) is 0.278. The molecule has 0 radical (unpaired) electrons. The normalized spacial score (nSPS) is 35.2. The number of aromatic nitrogens is 2. The fraction of sp³-hybridized carbons (Fsp3) is 0.800. The van der Waals surface area contributed by atoms with Crippen LogP contribution in [0.2, 0.25) is 0 Å². The van der Waals surface area contributed by atoms with Crippen molar-refractivity contribution in [2.45, 2.75) is 82.2 Å². The fourth-order valence-electron chi connectivity index (χ4n) is 6.70. The number of rotatable bonds is 5. The second kappa shape index (κ2) is 6.60. The van der Waals surface area contributed by atoms with Crippen molar-refractivity contribution in [3.63, 3.8) is 0 Å². The van der Waals surface area contributed by atoms with Crippen LogP contribution in [0, 0.1) is 27.9 Å². The Kier molecular flexibility index (Phi) is 4.20. The number of nitrogens with zero attached hydrogens (tertiary/aromatic N) is 3. The smallest absolute Gasteiger partial charge is 0.353 e. The predicted octanol–water partition coefficient (Wildman–Crippen LogP) is 4.51. The molecule has 0 unspecified atom stereocenters. The van der Waals surface area contributed by atoms with Crippen molar-refractivity contribution < 1.29 is 4.92 Å². The van der Waals surface area contributed by atoms with Crippen molar-refractivity contribution in [3.05, 3.63) is 16.4 Å². The van der Waals surface area contributed by atoms with E-state index in [1.807, 2.05) is 0 Å². The van der Waals surface area contributed by atoms with Crippen LogP contribution in [-0.2, 0) is 0 Å². The monoisotopic (exact) mass is 371 g/mol. The molecule has 0 spiro atoms. The number of nitro groups is 1. The van der Waals surface area contributed by atoms with E-state index in [1.54, 1.807) is 0 Å². The zero-order valence-electron chi connectivity index (χ0n) is 15.8. The maximum Gasteiger partial charge on any atom is 0.353 e. The molecule has 0 atom stereocenters. The Labute approximate surface area is 159 Å². The van der Waals surface area contributed by atoms with E-state index in [1.165, 1.54) is 44.9 Å². The Morgan fingerprint density at radius 1 is 0.963 bits per heavy atom. The van der Waals surface area contributed by atoms with Gasteiger partial charge in [0, 0.05) is 11.6 Å². The van der Waals surface area contributed by atoms with Crippen LogP contribution in [0.4, 0.5) is 17.3 Å². The highest BCUT2D eigenvalue weighted by Gasteiger charge is 2.51. The lowest BCUT2D eigenvalue weighted by molar-refractivity contribution is -0.383. The molecule has 0 aromatic carbocycles. The van der Waals surface area contributed by atoms with Gasteiger partial charge in [0.2, 0.25) is 11.6 Å². The summed E-state index contributed by atoms with van der Waals surface area (Å²) < 4.78 is 0. The van der Waals surface area contributed by atoms with Gasteiger partial charge in [-0.05, 0) is 69.1 Å². The topological polar surface area (TPSA) is 93.0 Å². The van der Waals surface area contributed by atoms with Crippen LogP contribution in [0.25, 0.3) is 0 Å². The molecule has 1 aromatic heterocycles. The van der Waals surface area contributed by atoms with Crippen molar-refractivity contribution in [2.75, 3.05) is 10.6 Å². The van der Waals surface area contributed by atoms with Crippen molar-refractivity contribution in [1.82, 2.24) is 9.97 Å². The summed E-state index contributed by atoms with van der Waals surface area (Å²) in [7, 11) is 0. The van der Waals surface area contributed by atoms with E-state index >= 15 is 0 Å². The lowest BCUT2D eigenvalue weighted by Crippen LogP contribution is -2.55. The van der Waals surface area contributed by atoms with Gasteiger partial charge in [0.25, 0.3) is 0 Å². The first-order valence-electron chi connectivity index (χ1n) is 10.6. The fourth-order valence-corrected chi connectivity index (χ4v) is 6.70. The summed E-state index contributed by atoms with van der Waals surface area (Å²) in [6.45, 7) is 0. The molecule has 27 heavy (non-hydrogen) atoms. The molecule has 0 aliphatic heterocycles. The van der Waals surface area contributed by atoms with Crippen LogP contribution in [0.5, 0.6) is 0 Å². The molecule has 7 nitrogen and oxygen atoms in total. The minimum Gasteiger partial charge on any atom is -0.361 e. The molecule has 1 heterocycles. The highest BCUT2D eigenvalue weighted by atomic mass is 16.6. The highest BCUT2D eigenvalue weighted by molar-refractivity contribution is 5.70. The molecule has 1 aromatic rings. The van der Waals surface area contributed by atoms with Gasteiger partial charge in [0.15, 0.2) is 0 Å². The third kappa shape index (κ3) is 3.25. The molecule has 0 amide bonds. The minimum absolute atomic E-state index is 0.00400. The second-order valence-electron chi connectivity index (χ2n) is 9.48. The molecule has 5 saturated carbocycles. The largest absolute Gasteiger partial charge is 0.361 e. The van der Waals surface area contributed by atoms with Crippen molar-refractivity contribution in [1.29, 1.82) is 0 Å². The molecule has 5 aliphatic carbocycles. The van der Waals surface area contributed by atoms with E-state index in [0.29, 0.717) is 11.6 Å². The molecule has 7 heteroatoms. The average molecular weight is 371 g/mol. The Balaban J connectivity index is 1.42. The standard InChI is InChI=1S/C20H29N5O2/c26-25(27)17-18(23-16-4-2-1-3-5-16)21-12-22-19(17)24-20-9-13-6-14(10-20)8-15(7-13)11-20/h12-16H,1-11H2,(H2,21,22,23,24). The molecule has 5 aliphatic rings. The maximum absolute atomic E-state index is 11.9. The average Bonchev–Trinajstić information content (AvgIpc) is 2.61. The summed E-state index contributed by atoms with van der Waals surface area (Å²) >= 11 is 0. The molecule has 4 bridgehead atoms. The van der Waals surface area contributed by atoms with Crippen molar-refractivity contribution in [2.24, 2.45) is 17.8 Å². The van der Waals surface area contributed by atoms with Gasteiger partial charge in [-0.2, -0.15) is 0 Å². The number of anilines is 2. The first-order valence-corrected chi connectivity index (χ1v) is 10.6. The number of hydrogen-bond acceptors (Lipinski definition) is 6. The summed E-state index contributed by atoms with van der Waals surface area (Å²) in [5, 5.41) is 18.8. The molecule has 2 N–H and O–H groups in total. The van der Waals surface area contributed by atoms with Gasteiger partial charge < -0.3 is 10.6 Å². The summed E-state index contributed by atoms with van der Waals surface area (Å²) in [4.78, 5) is 20.2. The van der Waals surface area contributed by atoms with Gasteiger partial charge in [-0.3, -0.25) is 10.1 Å². The molecule has 0 saturated heterocycles. The Hall–Kier alpha value is -1.92. The lowest BCUT2D eigenvalue weighted by Gasteiger charge is -2.57. The van der Waals surface area contributed by atoms with E-state index in [9.17, 15) is 10.1 Å². The Bertz CT molecular complexity index is 696. The maximum atomic E-state index is 11.9. The zero-order chi connectivity index (χ0) is 18.4. The third-order valence-corrected chi connectivity index (χ3v) is 7.37. The molecule has 5 fully saturated rings. The van der Waals surface area contributed by atoms with E-state index < -0.39 is 0 Å². The first-order chi connectivity index (χ1) is 13.1. The lowest BCUT2D eigenvalue weighted by atomic mass is 9.53. The molecule has 146 valence electrons. The molecular formula is C20H29N5O2. The van der Waals surface area contributed by atoms with E-state index in [-0.39, 0.29) is 22.2 Å². The summed E-state index contributed by atoms with van der Waals surface area (Å²) in [6.07, 6.45) is 14.6. The van der Waals surface area contributed by atoms with Gasteiger partial charge in [-0.25, -0.2) is 9.97 Å². The highest BCUT2D eigenvalue weighted by Crippen LogP contribution is 2.57. The predicted molar refractivity (Wildman–Crippen MR) is 104 cm³/mol. The van der Waals surface area contributed by atoms with Crippen LogP contribution in [-0.4, -0.2) is 26.5 Å². The van der Waals surface area contributed by atoms with E-state index in [4.69, 9.17) is 0 Å². The minimum atomic E-state index is -0.312. The van der Waals surface area contributed by atoms with E-state index in [2.05, 4.69) is 20.6 Å². The van der Waals surface area contributed by atoms with Crippen LogP contribution in [0.15, 0.2) is 6.33 Å². The van der Waals surface area contributed by atoms with Gasteiger partial charge in [0.05, 0.1) is 4.92 Å². The first kappa shape index (κ1) is 17.2. The molecular weight excluding hydrogens is 342 g/mol. The van der Waals surface area contributed by atoms with E-state index in [0.717, 1.165) is 49.9 Å². The van der Waals surface area contributed by atoms with Gasteiger partial charge in [-0.15, -0.1) is 0 Å². The van der Waals surface area contributed by atoms with Crippen LogP contribution in [0.3, 0.4) is 0 Å². The second-order valence-corrected chi connectivity index (χ2v) is 9.48. The van der Waals surface area contributed by atoms with Crippen molar-refractivity contribution >= 4 is 17.3 Å². The zero-order valence-corrected chi connectivity index (χ0v) is 15.8. The SMILES string of the molecule is O=[N+]([O-])c1c(NC2CCCCC2)ncnc1NC12CC3CC(CC(C3)C1)C2. The number of hydrogen-bond donors (Lipinski definition) is 2. The summed E-state index contributed by atoms with van der Waals surface area (Å²) in [5.74, 6) is 3.14. The van der Waals surface area contributed by atoms with Crippen LogP contribution in [0.1, 0.15) is 70.6 Å². The summed E-state index contributed by atoms with van der Waals surface area (Å²) in [5.41, 5.74) is 0.0227. The Morgan fingerprint density at radius 3 is 2.15 bits per heavy atom. The van der Waals surface area contributed by atoms with Crippen LogP contribution >= 0.6 is 0 Å². The Morgan fingerprint density at radius 2 is 1.56 bits per heavy atom. The van der Waals surface area contributed by atoms with Gasteiger partial charge >= 0.3 is 5.69 Å². The van der Waals surface area contributed by atoms with Crippen LogP contribution < -0.4 is 10.6 Å². The quantitative estimate of drug-likeness (QED) is 0.584. The molecule has 6 rings (SSSR count).